The molecular weight excluding hydrogens is 228 g/mol. The van der Waals surface area contributed by atoms with Crippen LogP contribution in [0.15, 0.2) is 18.2 Å². The summed E-state index contributed by atoms with van der Waals surface area (Å²) in [7, 11) is 0. The average molecular weight is 243 g/mol. The van der Waals surface area contributed by atoms with E-state index in [-0.39, 0.29) is 6.42 Å². The highest BCUT2D eigenvalue weighted by molar-refractivity contribution is 5.66. The molecule has 94 valence electrons. The van der Waals surface area contributed by atoms with Gasteiger partial charge in [0.2, 0.25) is 0 Å². The van der Waals surface area contributed by atoms with E-state index in [4.69, 9.17) is 5.11 Å². The van der Waals surface area contributed by atoms with Gasteiger partial charge in [0, 0.05) is 13.1 Å². The maximum Gasteiger partial charge on any atom is 0.304 e. The van der Waals surface area contributed by atoms with Gasteiger partial charge in [-0.3, -0.25) is 9.69 Å². The quantitative estimate of drug-likeness (QED) is 0.833. The number of hydrogen-bond acceptors (Lipinski definition) is 2. The van der Waals surface area contributed by atoms with Gasteiger partial charge in [-0.25, -0.2) is 8.78 Å². The van der Waals surface area contributed by atoms with Crippen LogP contribution in [0.1, 0.15) is 18.9 Å². The lowest BCUT2D eigenvalue weighted by molar-refractivity contribution is -0.137. The number of hydrogen-bond donors (Lipinski definition) is 1. The first-order valence-corrected chi connectivity index (χ1v) is 5.41. The number of carbonyl (C=O) groups is 1. The zero-order valence-electron chi connectivity index (χ0n) is 9.62. The molecule has 0 aliphatic rings. The van der Waals surface area contributed by atoms with Crippen LogP contribution < -0.4 is 0 Å². The van der Waals surface area contributed by atoms with Gasteiger partial charge in [-0.1, -0.05) is 13.0 Å². The third kappa shape index (κ3) is 4.48. The van der Waals surface area contributed by atoms with Gasteiger partial charge < -0.3 is 5.11 Å². The van der Waals surface area contributed by atoms with Crippen molar-refractivity contribution in [2.24, 2.45) is 0 Å². The molecule has 0 unspecified atom stereocenters. The summed E-state index contributed by atoms with van der Waals surface area (Å²) in [4.78, 5) is 12.3. The number of nitrogens with zero attached hydrogens (tertiary/aromatic N) is 1. The average Bonchev–Trinajstić information content (AvgIpc) is 2.28. The molecule has 3 nitrogen and oxygen atoms in total. The van der Waals surface area contributed by atoms with Crippen molar-refractivity contribution in [1.82, 2.24) is 4.90 Å². The molecule has 0 heterocycles. The fourth-order valence-corrected chi connectivity index (χ4v) is 1.50. The summed E-state index contributed by atoms with van der Waals surface area (Å²) in [5.41, 5.74) is 0.635. The van der Waals surface area contributed by atoms with Crippen LogP contribution in [0.5, 0.6) is 0 Å². The maximum atomic E-state index is 13.0. The Morgan fingerprint density at radius 3 is 2.59 bits per heavy atom. The lowest BCUT2D eigenvalue weighted by Crippen LogP contribution is -2.25. The van der Waals surface area contributed by atoms with E-state index >= 15 is 0 Å². The molecule has 0 fully saturated rings. The third-order valence-corrected chi connectivity index (χ3v) is 2.48. The van der Waals surface area contributed by atoms with Crippen LogP contribution in [0.4, 0.5) is 8.78 Å². The van der Waals surface area contributed by atoms with Crippen molar-refractivity contribution >= 4 is 5.97 Å². The highest BCUT2D eigenvalue weighted by atomic mass is 19.2. The Balaban J connectivity index is 2.60. The van der Waals surface area contributed by atoms with E-state index in [0.29, 0.717) is 25.2 Å². The van der Waals surface area contributed by atoms with Crippen molar-refractivity contribution in [3.05, 3.63) is 35.4 Å². The van der Waals surface area contributed by atoms with Crippen LogP contribution in [0.25, 0.3) is 0 Å². The van der Waals surface area contributed by atoms with Crippen molar-refractivity contribution in [2.45, 2.75) is 19.9 Å². The molecule has 1 aromatic carbocycles. The van der Waals surface area contributed by atoms with Crippen molar-refractivity contribution in [2.75, 3.05) is 13.1 Å². The molecular formula is C12H15F2NO2. The zero-order valence-corrected chi connectivity index (χ0v) is 9.62. The van der Waals surface area contributed by atoms with Crippen LogP contribution >= 0.6 is 0 Å². The smallest absolute Gasteiger partial charge is 0.304 e. The number of halogens is 2. The minimum absolute atomic E-state index is 0.0392. The molecule has 0 aromatic heterocycles. The van der Waals surface area contributed by atoms with Crippen LogP contribution in [0.3, 0.4) is 0 Å². The molecule has 1 N–H and O–H groups in total. The van der Waals surface area contributed by atoms with Gasteiger partial charge in [0.05, 0.1) is 6.42 Å². The molecule has 0 spiro atoms. The van der Waals surface area contributed by atoms with Gasteiger partial charge in [-0.2, -0.15) is 0 Å². The number of benzene rings is 1. The topological polar surface area (TPSA) is 40.5 Å². The number of rotatable bonds is 6. The summed E-state index contributed by atoms with van der Waals surface area (Å²) in [5.74, 6) is -2.62. The predicted octanol–water partition coefficient (Wildman–Crippen LogP) is 2.26. The van der Waals surface area contributed by atoms with E-state index < -0.39 is 17.6 Å². The molecule has 0 saturated carbocycles. The molecule has 1 rings (SSSR count). The van der Waals surface area contributed by atoms with Gasteiger partial charge in [-0.05, 0) is 24.2 Å². The predicted molar refractivity (Wildman–Crippen MR) is 59.6 cm³/mol. The van der Waals surface area contributed by atoms with Gasteiger partial charge >= 0.3 is 5.97 Å². The normalized spacial score (nSPS) is 10.8. The largest absolute Gasteiger partial charge is 0.481 e. The molecule has 0 amide bonds. The third-order valence-electron chi connectivity index (χ3n) is 2.48. The van der Waals surface area contributed by atoms with Gasteiger partial charge in [0.1, 0.15) is 0 Å². The Bertz CT molecular complexity index is 396. The summed E-state index contributed by atoms with van der Waals surface area (Å²) in [5, 5.41) is 8.57. The summed E-state index contributed by atoms with van der Waals surface area (Å²) >= 11 is 0. The fourth-order valence-electron chi connectivity index (χ4n) is 1.50. The summed E-state index contributed by atoms with van der Waals surface area (Å²) < 4.78 is 25.7. The van der Waals surface area contributed by atoms with Crippen LogP contribution in [-0.4, -0.2) is 29.1 Å². The lowest BCUT2D eigenvalue weighted by atomic mass is 10.2. The molecule has 0 aliphatic heterocycles. The van der Waals surface area contributed by atoms with Crippen molar-refractivity contribution in [3.8, 4) is 0 Å². The molecule has 0 saturated heterocycles. The number of carboxylic acids is 1. The minimum Gasteiger partial charge on any atom is -0.481 e. The Morgan fingerprint density at radius 1 is 1.35 bits per heavy atom. The molecule has 0 aliphatic carbocycles. The molecule has 17 heavy (non-hydrogen) atoms. The summed E-state index contributed by atoms with van der Waals surface area (Å²) in [6.07, 6.45) is 0.0392. The second-order valence-electron chi connectivity index (χ2n) is 3.76. The lowest BCUT2D eigenvalue weighted by Gasteiger charge is -2.19. The summed E-state index contributed by atoms with van der Waals surface area (Å²) in [6, 6.07) is 3.72. The Labute approximate surface area is 98.7 Å². The minimum atomic E-state index is -0.878. The number of aliphatic carboxylic acids is 1. The van der Waals surface area contributed by atoms with Gasteiger partial charge in [-0.15, -0.1) is 0 Å². The van der Waals surface area contributed by atoms with Crippen molar-refractivity contribution < 1.29 is 18.7 Å². The fraction of sp³-hybridized carbons (Fsp3) is 0.417. The maximum absolute atomic E-state index is 13.0. The van der Waals surface area contributed by atoms with Crippen molar-refractivity contribution in [3.63, 3.8) is 0 Å². The first kappa shape index (κ1) is 13.6. The molecule has 0 bridgehead atoms. The van der Waals surface area contributed by atoms with E-state index in [1.54, 1.807) is 0 Å². The van der Waals surface area contributed by atoms with E-state index in [2.05, 4.69) is 0 Å². The van der Waals surface area contributed by atoms with Crippen LogP contribution in [0, 0.1) is 11.6 Å². The highest BCUT2D eigenvalue weighted by Gasteiger charge is 2.08. The van der Waals surface area contributed by atoms with E-state index in [1.807, 2.05) is 11.8 Å². The Kier molecular flexibility index (Phi) is 5.03. The molecule has 0 radical (unpaired) electrons. The second kappa shape index (κ2) is 6.30. The first-order chi connectivity index (χ1) is 8.02. The van der Waals surface area contributed by atoms with Gasteiger partial charge in [0.15, 0.2) is 11.6 Å². The SMILES string of the molecule is CCN(CCC(=O)O)Cc1ccc(F)c(F)c1. The zero-order chi connectivity index (χ0) is 12.8. The second-order valence-corrected chi connectivity index (χ2v) is 3.76. The van der Waals surface area contributed by atoms with Crippen LogP contribution in [0.2, 0.25) is 0 Å². The molecule has 5 heteroatoms. The van der Waals surface area contributed by atoms with E-state index in [0.717, 1.165) is 12.1 Å². The monoisotopic (exact) mass is 243 g/mol. The molecule has 1 aromatic rings. The first-order valence-electron chi connectivity index (χ1n) is 5.41. The van der Waals surface area contributed by atoms with E-state index in [1.165, 1.54) is 6.07 Å². The standard InChI is InChI=1S/C12H15F2NO2/c1-2-15(6-5-12(16)17)8-9-3-4-10(13)11(14)7-9/h3-4,7H,2,5-6,8H2,1H3,(H,16,17). The van der Waals surface area contributed by atoms with Gasteiger partial charge in [0.25, 0.3) is 0 Å². The molecule has 0 atom stereocenters. The highest BCUT2D eigenvalue weighted by Crippen LogP contribution is 2.11. The Hall–Kier alpha value is -1.49. The van der Waals surface area contributed by atoms with E-state index in [9.17, 15) is 13.6 Å². The number of carboxylic acid groups (broad SMARTS) is 1. The summed E-state index contributed by atoms with van der Waals surface area (Å²) in [6.45, 7) is 3.36. The van der Waals surface area contributed by atoms with Crippen molar-refractivity contribution in [1.29, 1.82) is 0 Å². The van der Waals surface area contributed by atoms with Crippen LogP contribution in [-0.2, 0) is 11.3 Å². The Morgan fingerprint density at radius 2 is 2.06 bits per heavy atom.